The Morgan fingerprint density at radius 2 is 1.85 bits per heavy atom. The van der Waals surface area contributed by atoms with E-state index < -0.39 is 6.04 Å². The summed E-state index contributed by atoms with van der Waals surface area (Å²) < 4.78 is 19.6. The highest BCUT2D eigenvalue weighted by Gasteiger charge is 2.36. The van der Waals surface area contributed by atoms with Crippen LogP contribution in [-0.4, -0.2) is 16.2 Å². The van der Waals surface area contributed by atoms with E-state index in [1.165, 1.54) is 22.3 Å². The van der Waals surface area contributed by atoms with Gasteiger partial charge in [0.2, 0.25) is 5.82 Å². The lowest BCUT2D eigenvalue weighted by Gasteiger charge is -2.35. The van der Waals surface area contributed by atoms with Crippen molar-refractivity contribution < 1.29 is 13.7 Å². The van der Waals surface area contributed by atoms with Crippen LogP contribution in [0.2, 0.25) is 0 Å². The lowest BCUT2D eigenvalue weighted by atomic mass is 9.92. The lowest BCUT2D eigenvalue weighted by molar-refractivity contribution is 0.244. The molecule has 6 nitrogen and oxygen atoms in total. The van der Waals surface area contributed by atoms with Gasteiger partial charge in [0, 0.05) is 5.70 Å². The molecule has 1 N–H and O–H groups in total. The molecule has 2 aromatic heterocycles. The van der Waals surface area contributed by atoms with Crippen LogP contribution < -0.4 is 10.2 Å². The van der Waals surface area contributed by atoms with Gasteiger partial charge in [0.25, 0.3) is 5.89 Å². The maximum absolute atomic E-state index is 13.9. The number of nitrogens with one attached hydrogen (secondary N) is 1. The minimum absolute atomic E-state index is 0.312. The van der Waals surface area contributed by atoms with Gasteiger partial charge in [0.15, 0.2) is 0 Å². The molecule has 1 atom stereocenters. The van der Waals surface area contributed by atoms with Crippen LogP contribution in [0.1, 0.15) is 41.1 Å². The standard InChI is InChI=1S/C26H23FN4O2S/c1-14-7-8-18(12-15(14)2)23-22(25-29-24(30-33-25)21-6-5-11-34-21)17(4)31(26(32)28-23)19-9-10-20(27)16(3)13-19/h5-13,23H,1-4H3,(H,28,32). The maximum Gasteiger partial charge on any atom is 0.326 e. The Morgan fingerprint density at radius 3 is 2.56 bits per heavy atom. The summed E-state index contributed by atoms with van der Waals surface area (Å²) in [7, 11) is 0. The Labute approximate surface area is 200 Å². The maximum atomic E-state index is 13.9. The highest BCUT2D eigenvalue weighted by atomic mass is 32.1. The van der Waals surface area contributed by atoms with Crippen LogP contribution in [0.3, 0.4) is 0 Å². The first kappa shape index (κ1) is 22.0. The average molecular weight is 475 g/mol. The molecule has 172 valence electrons. The molecule has 5 rings (SSSR count). The van der Waals surface area contributed by atoms with Crippen LogP contribution in [0.25, 0.3) is 16.3 Å². The van der Waals surface area contributed by atoms with Crippen LogP contribution >= 0.6 is 11.3 Å². The zero-order valence-corrected chi connectivity index (χ0v) is 20.0. The van der Waals surface area contributed by atoms with Crippen molar-refractivity contribution >= 4 is 28.6 Å². The molecule has 0 saturated heterocycles. The molecule has 2 amide bonds. The summed E-state index contributed by atoms with van der Waals surface area (Å²) in [6.07, 6.45) is 0. The summed E-state index contributed by atoms with van der Waals surface area (Å²) in [4.78, 5) is 20.4. The molecule has 0 spiro atoms. The molecular formula is C26H23FN4O2S. The van der Waals surface area contributed by atoms with E-state index in [1.807, 2.05) is 50.4 Å². The molecule has 0 saturated carbocycles. The molecule has 34 heavy (non-hydrogen) atoms. The number of carbonyl (C=O) groups excluding carboxylic acids is 1. The Hall–Kier alpha value is -3.78. The van der Waals surface area contributed by atoms with Gasteiger partial charge in [-0.15, -0.1) is 11.3 Å². The summed E-state index contributed by atoms with van der Waals surface area (Å²) in [5.41, 5.74) is 5.53. The van der Waals surface area contributed by atoms with Crippen LogP contribution in [-0.2, 0) is 0 Å². The average Bonchev–Trinajstić information content (AvgIpc) is 3.50. The fourth-order valence-electron chi connectivity index (χ4n) is 4.13. The van der Waals surface area contributed by atoms with Crippen molar-refractivity contribution in [1.29, 1.82) is 0 Å². The van der Waals surface area contributed by atoms with Gasteiger partial charge in [-0.1, -0.05) is 29.4 Å². The molecule has 2 aromatic carbocycles. The van der Waals surface area contributed by atoms with Gasteiger partial charge in [-0.2, -0.15) is 4.98 Å². The van der Waals surface area contributed by atoms with E-state index in [-0.39, 0.29) is 11.8 Å². The number of carbonyl (C=O) groups is 1. The smallest absolute Gasteiger partial charge is 0.326 e. The first-order valence-electron chi connectivity index (χ1n) is 10.9. The van der Waals surface area contributed by atoms with Crippen molar-refractivity contribution in [2.24, 2.45) is 0 Å². The van der Waals surface area contributed by atoms with E-state index in [1.54, 1.807) is 19.1 Å². The summed E-state index contributed by atoms with van der Waals surface area (Å²) in [5, 5.41) is 9.23. The van der Waals surface area contributed by atoms with Crippen molar-refractivity contribution in [3.05, 3.63) is 93.6 Å². The number of aromatic nitrogens is 2. The number of halogens is 1. The second-order valence-corrected chi connectivity index (χ2v) is 9.34. The fraction of sp³-hybridized carbons (Fsp3) is 0.192. The Morgan fingerprint density at radius 1 is 1.03 bits per heavy atom. The van der Waals surface area contributed by atoms with E-state index in [0.717, 1.165) is 21.6 Å². The number of rotatable bonds is 4. The topological polar surface area (TPSA) is 71.3 Å². The normalized spacial score (nSPS) is 16.2. The highest BCUT2D eigenvalue weighted by molar-refractivity contribution is 7.13. The van der Waals surface area contributed by atoms with Gasteiger partial charge in [0.1, 0.15) is 5.82 Å². The number of hydrogen-bond donors (Lipinski definition) is 1. The van der Waals surface area contributed by atoms with Crippen molar-refractivity contribution in [3.63, 3.8) is 0 Å². The molecule has 0 bridgehead atoms. The second kappa shape index (κ2) is 8.53. The quantitative estimate of drug-likeness (QED) is 0.363. The number of amides is 2. The number of allylic oxidation sites excluding steroid dienone is 1. The minimum atomic E-state index is -0.485. The first-order valence-corrected chi connectivity index (χ1v) is 11.7. The number of thiophene rings is 1. The largest absolute Gasteiger partial charge is 0.334 e. The minimum Gasteiger partial charge on any atom is -0.334 e. The molecule has 4 aromatic rings. The van der Waals surface area contributed by atoms with Crippen LogP contribution in [0.5, 0.6) is 0 Å². The molecule has 0 aliphatic carbocycles. The van der Waals surface area contributed by atoms with Gasteiger partial charge < -0.3 is 9.84 Å². The predicted octanol–water partition coefficient (Wildman–Crippen LogP) is 6.56. The van der Waals surface area contributed by atoms with Gasteiger partial charge >= 0.3 is 6.03 Å². The van der Waals surface area contributed by atoms with E-state index in [0.29, 0.717) is 34.2 Å². The summed E-state index contributed by atoms with van der Waals surface area (Å²) >= 11 is 1.52. The van der Waals surface area contributed by atoms with E-state index in [9.17, 15) is 9.18 Å². The van der Waals surface area contributed by atoms with E-state index in [4.69, 9.17) is 4.52 Å². The summed E-state index contributed by atoms with van der Waals surface area (Å²) in [6, 6.07) is 13.7. The van der Waals surface area contributed by atoms with Crippen molar-refractivity contribution in [3.8, 4) is 10.7 Å². The monoisotopic (exact) mass is 474 g/mol. The van der Waals surface area contributed by atoms with Crippen molar-refractivity contribution in [1.82, 2.24) is 15.5 Å². The highest BCUT2D eigenvalue weighted by Crippen LogP contribution is 2.40. The van der Waals surface area contributed by atoms with Gasteiger partial charge in [-0.05, 0) is 79.6 Å². The predicted molar refractivity (Wildman–Crippen MR) is 131 cm³/mol. The summed E-state index contributed by atoms with van der Waals surface area (Å²) in [6.45, 7) is 7.60. The summed E-state index contributed by atoms with van der Waals surface area (Å²) in [5.74, 6) is 0.492. The molecular weight excluding hydrogens is 451 g/mol. The number of urea groups is 1. The number of nitrogens with zero attached hydrogens (tertiary/aromatic N) is 3. The molecule has 3 heterocycles. The number of hydrogen-bond acceptors (Lipinski definition) is 5. The van der Waals surface area contributed by atoms with Crippen LogP contribution in [0.4, 0.5) is 14.9 Å². The first-order chi connectivity index (χ1) is 16.3. The third-order valence-electron chi connectivity index (χ3n) is 6.15. The van der Waals surface area contributed by atoms with Crippen molar-refractivity contribution in [2.75, 3.05) is 4.90 Å². The molecule has 1 aliphatic heterocycles. The van der Waals surface area contributed by atoms with Crippen LogP contribution in [0.15, 0.2) is 64.1 Å². The second-order valence-electron chi connectivity index (χ2n) is 8.39. The zero-order chi connectivity index (χ0) is 24.0. The number of aryl methyl sites for hydroxylation is 3. The Bertz CT molecular complexity index is 1420. The van der Waals surface area contributed by atoms with Crippen LogP contribution in [0, 0.1) is 26.6 Å². The zero-order valence-electron chi connectivity index (χ0n) is 19.2. The van der Waals surface area contributed by atoms with Gasteiger partial charge in [0.05, 0.1) is 22.2 Å². The molecule has 0 fully saturated rings. The van der Waals surface area contributed by atoms with Gasteiger partial charge in [-0.25, -0.2) is 9.18 Å². The Kier molecular flexibility index (Phi) is 5.53. The van der Waals surface area contributed by atoms with E-state index in [2.05, 4.69) is 21.5 Å². The third-order valence-corrected chi connectivity index (χ3v) is 7.01. The molecule has 1 aliphatic rings. The molecule has 0 radical (unpaired) electrons. The van der Waals surface area contributed by atoms with E-state index >= 15 is 0 Å². The Balaban J connectivity index is 1.68. The number of anilines is 1. The fourth-order valence-corrected chi connectivity index (χ4v) is 4.78. The molecule has 8 heteroatoms. The number of benzene rings is 2. The third kappa shape index (κ3) is 3.80. The van der Waals surface area contributed by atoms with Gasteiger partial charge in [-0.3, -0.25) is 4.90 Å². The molecule has 1 unspecified atom stereocenters. The van der Waals surface area contributed by atoms with Crippen molar-refractivity contribution in [2.45, 2.75) is 33.7 Å². The lowest BCUT2D eigenvalue weighted by Crippen LogP contribution is -2.46. The SMILES string of the molecule is CC1=C(c2nc(-c3cccs3)no2)C(c2ccc(C)c(C)c2)NC(=O)N1c1ccc(F)c(C)c1.